The molecule has 1 N–H and O–H groups in total. The van der Waals surface area contributed by atoms with Gasteiger partial charge in [0.2, 0.25) is 0 Å². The zero-order valence-electron chi connectivity index (χ0n) is 18.6. The third-order valence-electron chi connectivity index (χ3n) is 5.67. The fraction of sp³-hybridized carbons (Fsp3) is 0.696. The van der Waals surface area contributed by atoms with Crippen LogP contribution in [0.25, 0.3) is 0 Å². The van der Waals surface area contributed by atoms with E-state index < -0.39 is 5.60 Å². The van der Waals surface area contributed by atoms with E-state index in [1.807, 2.05) is 25.7 Å². The number of amides is 1. The molecule has 2 aliphatic rings. The minimum atomic E-state index is -0.494. The molecule has 6 heteroatoms. The van der Waals surface area contributed by atoms with Gasteiger partial charge in [-0.3, -0.25) is 0 Å². The molecule has 3 rings (SSSR count). The molecular formula is C23H36IN2O3-. The Morgan fingerprint density at radius 1 is 1.24 bits per heavy atom. The van der Waals surface area contributed by atoms with Crippen molar-refractivity contribution in [2.45, 2.75) is 63.5 Å². The first-order valence-corrected chi connectivity index (χ1v) is 12.8. The van der Waals surface area contributed by atoms with Gasteiger partial charge in [-0.1, -0.05) is 0 Å². The van der Waals surface area contributed by atoms with Gasteiger partial charge in [0, 0.05) is 0 Å². The Hall–Kier alpha value is -0.860. The van der Waals surface area contributed by atoms with Gasteiger partial charge in [-0.25, -0.2) is 0 Å². The number of carbonyl (C=O) groups excluding carboxylic acids is 1. The van der Waals surface area contributed by atoms with Gasteiger partial charge in [0.25, 0.3) is 0 Å². The number of hydrogen-bond donors (Lipinski definition) is 1. The summed E-state index contributed by atoms with van der Waals surface area (Å²) < 4.78 is 8.88. The molecule has 0 aromatic heterocycles. The van der Waals surface area contributed by atoms with E-state index in [1.165, 1.54) is 11.1 Å². The van der Waals surface area contributed by atoms with Crippen LogP contribution in [-0.2, 0) is 4.74 Å². The number of aliphatic hydroxyl groups is 1. The van der Waals surface area contributed by atoms with Crippen LogP contribution in [0.15, 0.2) is 24.3 Å². The second-order valence-corrected chi connectivity index (χ2v) is 13.6. The number of nitrogens with zero attached hydrogens (tertiary/aromatic N) is 2. The van der Waals surface area contributed by atoms with Crippen LogP contribution in [0.1, 0.15) is 58.2 Å². The summed E-state index contributed by atoms with van der Waals surface area (Å²) in [6, 6.07) is 8.56. The van der Waals surface area contributed by atoms with E-state index in [9.17, 15) is 9.90 Å². The van der Waals surface area contributed by atoms with E-state index >= 15 is 0 Å². The first-order chi connectivity index (χ1) is 13.5. The van der Waals surface area contributed by atoms with Gasteiger partial charge in [-0.15, -0.1) is 0 Å². The van der Waals surface area contributed by atoms with Crippen molar-refractivity contribution in [1.29, 1.82) is 0 Å². The van der Waals surface area contributed by atoms with Crippen molar-refractivity contribution in [2.24, 2.45) is 11.3 Å². The van der Waals surface area contributed by atoms with Crippen molar-refractivity contribution >= 4 is 6.09 Å². The van der Waals surface area contributed by atoms with Gasteiger partial charge >= 0.3 is 187 Å². The fourth-order valence-electron chi connectivity index (χ4n) is 4.21. The Kier molecular flexibility index (Phi) is 6.85. The third kappa shape index (κ3) is 5.44. The molecule has 0 saturated carbocycles. The normalized spacial score (nSPS) is 26.0. The summed E-state index contributed by atoms with van der Waals surface area (Å²) in [6.45, 7) is 15.2. The molecule has 2 aliphatic heterocycles. The zero-order valence-corrected chi connectivity index (χ0v) is 20.8. The van der Waals surface area contributed by atoms with E-state index in [2.05, 4.69) is 48.1 Å². The predicted molar refractivity (Wildman–Crippen MR) is 111 cm³/mol. The predicted octanol–water partition coefficient (Wildman–Crippen LogP) is 1.000. The minimum absolute atomic E-state index is 0.0832. The Bertz CT molecular complexity index is 731. The van der Waals surface area contributed by atoms with Crippen LogP contribution in [0.3, 0.4) is 0 Å². The summed E-state index contributed by atoms with van der Waals surface area (Å²) in [4.78, 5) is 15.1. The molecule has 3 atom stereocenters. The van der Waals surface area contributed by atoms with Gasteiger partial charge in [-0.2, -0.15) is 0 Å². The molecule has 0 spiro atoms. The molecular weight excluding hydrogens is 479 g/mol. The summed E-state index contributed by atoms with van der Waals surface area (Å²) >= 11 is -0.250. The number of likely N-dealkylation sites (tertiary alicyclic amines) is 1. The van der Waals surface area contributed by atoms with E-state index in [0.29, 0.717) is 9.84 Å². The molecule has 0 aliphatic carbocycles. The quantitative estimate of drug-likeness (QED) is 0.370. The van der Waals surface area contributed by atoms with Crippen molar-refractivity contribution in [2.75, 3.05) is 26.2 Å². The van der Waals surface area contributed by atoms with Crippen molar-refractivity contribution in [1.82, 2.24) is 8.01 Å². The summed E-state index contributed by atoms with van der Waals surface area (Å²) in [7, 11) is 0. The van der Waals surface area contributed by atoms with E-state index in [0.717, 1.165) is 26.1 Å². The third-order valence-corrected chi connectivity index (χ3v) is 9.54. The van der Waals surface area contributed by atoms with Crippen LogP contribution in [0, 0.1) is 18.3 Å². The Morgan fingerprint density at radius 2 is 1.93 bits per heavy atom. The number of fused-ring (bicyclic) bond motifs is 1. The molecule has 1 amide bonds. The number of halogens is 1. The van der Waals surface area contributed by atoms with E-state index in [-0.39, 0.29) is 45.6 Å². The van der Waals surface area contributed by atoms with Crippen molar-refractivity contribution < 1.29 is 36.1 Å². The SMILES string of the molecule is Cc1ccccc1[C@H]1[C@@H]2[I-]N(CC(C)(C)CO)CC2CCN1C(=O)OC(C)(C)C. The van der Waals surface area contributed by atoms with Crippen LogP contribution < -0.4 is 21.5 Å². The summed E-state index contributed by atoms with van der Waals surface area (Å²) in [6.07, 6.45) is 0.838. The molecule has 0 bridgehead atoms. The van der Waals surface area contributed by atoms with Gasteiger partial charge in [0.05, 0.1) is 0 Å². The summed E-state index contributed by atoms with van der Waals surface area (Å²) in [5.74, 6) is 0.612. The number of ether oxygens (including phenoxy) is 1. The molecule has 5 nitrogen and oxygen atoms in total. The zero-order chi connectivity index (χ0) is 21.4. The van der Waals surface area contributed by atoms with Gasteiger partial charge in [-0.05, 0) is 0 Å². The monoisotopic (exact) mass is 515 g/mol. The molecule has 1 unspecified atom stereocenters. The average Bonchev–Trinajstić information content (AvgIpc) is 3.01. The average molecular weight is 515 g/mol. The Morgan fingerprint density at radius 3 is 2.55 bits per heavy atom. The molecule has 164 valence electrons. The number of carbonyl (C=O) groups is 1. The first-order valence-electron chi connectivity index (χ1n) is 10.6. The van der Waals surface area contributed by atoms with E-state index in [1.54, 1.807) is 0 Å². The molecule has 29 heavy (non-hydrogen) atoms. The van der Waals surface area contributed by atoms with Crippen LogP contribution in [-0.4, -0.2) is 55.0 Å². The second-order valence-electron chi connectivity index (χ2n) is 10.2. The molecule has 2 fully saturated rings. The van der Waals surface area contributed by atoms with Crippen LogP contribution in [0.4, 0.5) is 4.79 Å². The number of rotatable bonds is 4. The number of piperidine rings is 1. The van der Waals surface area contributed by atoms with Crippen LogP contribution >= 0.6 is 0 Å². The Balaban J connectivity index is 1.89. The van der Waals surface area contributed by atoms with E-state index in [4.69, 9.17) is 4.74 Å². The van der Waals surface area contributed by atoms with Crippen molar-refractivity contribution in [3.05, 3.63) is 35.4 Å². The standard InChI is InChI=1S/C23H36IN2O3/c1-16-9-7-8-10-18(16)20-19-17(13-25(24-19)14-23(5,6)15-27)11-12-26(20)21(28)29-22(2,3)4/h7-10,17,19-20,27H,11-15H2,1-6H3/q-1/t17?,19-,20+/m1/s1. The second kappa shape index (κ2) is 8.71. The summed E-state index contributed by atoms with van der Waals surface area (Å²) in [5.41, 5.74) is 1.92. The maximum absolute atomic E-state index is 13.1. The number of aryl methyl sites for hydroxylation is 1. The van der Waals surface area contributed by atoms with Crippen LogP contribution in [0.5, 0.6) is 0 Å². The van der Waals surface area contributed by atoms with Crippen molar-refractivity contribution in [3.63, 3.8) is 0 Å². The first kappa shape index (κ1) is 22.8. The summed E-state index contributed by atoms with van der Waals surface area (Å²) in [5, 5.41) is 9.72. The molecule has 2 heterocycles. The molecule has 1 aromatic carbocycles. The number of benzene rings is 1. The van der Waals surface area contributed by atoms with Gasteiger partial charge < -0.3 is 0 Å². The topological polar surface area (TPSA) is 53.0 Å². The number of hydrogen-bond acceptors (Lipinski definition) is 4. The van der Waals surface area contributed by atoms with Crippen molar-refractivity contribution in [3.8, 4) is 0 Å². The fourth-order valence-corrected chi connectivity index (χ4v) is 9.09. The molecule has 2 saturated heterocycles. The molecule has 1 aromatic rings. The van der Waals surface area contributed by atoms with Gasteiger partial charge in [0.15, 0.2) is 0 Å². The molecule has 0 radical (unpaired) electrons. The maximum atomic E-state index is 13.1. The number of alkyl halides is 1. The Labute approximate surface area is 186 Å². The van der Waals surface area contributed by atoms with Gasteiger partial charge in [0.1, 0.15) is 0 Å². The number of aliphatic hydroxyl groups excluding tert-OH is 1. The van der Waals surface area contributed by atoms with Crippen LogP contribution in [0.2, 0.25) is 0 Å².